The number of hydrogen-bond acceptors (Lipinski definition) is 6. The lowest BCUT2D eigenvalue weighted by atomic mass is 10.1. The van der Waals surface area contributed by atoms with E-state index in [1.54, 1.807) is 24.3 Å². The summed E-state index contributed by atoms with van der Waals surface area (Å²) in [7, 11) is 0. The Morgan fingerprint density at radius 2 is 1.64 bits per heavy atom. The number of ketones is 1. The monoisotopic (exact) mass is 376 g/mol. The van der Waals surface area contributed by atoms with Crippen LogP contribution in [0.1, 0.15) is 20.7 Å². The molecule has 1 N–H and O–H groups in total. The van der Waals surface area contributed by atoms with Crippen LogP contribution in [-0.2, 0) is 4.74 Å². The maximum Gasteiger partial charge on any atom is 0.340 e. The van der Waals surface area contributed by atoms with Gasteiger partial charge in [-0.1, -0.05) is 42.5 Å². The highest BCUT2D eigenvalue weighted by molar-refractivity contribution is 6.01. The third kappa shape index (κ3) is 4.59. The molecule has 7 heteroatoms. The number of anilines is 2. The highest BCUT2D eigenvalue weighted by Gasteiger charge is 2.17. The molecule has 0 aromatic heterocycles. The first-order valence-electron chi connectivity index (χ1n) is 8.40. The number of ether oxygens (including phenoxy) is 1. The van der Waals surface area contributed by atoms with Crippen molar-refractivity contribution in [2.24, 2.45) is 0 Å². The van der Waals surface area contributed by atoms with Gasteiger partial charge in [0.05, 0.1) is 16.2 Å². The molecule has 0 spiro atoms. The Bertz CT molecular complexity index is 1020. The van der Waals surface area contributed by atoms with Crippen molar-refractivity contribution in [1.29, 1.82) is 0 Å². The van der Waals surface area contributed by atoms with Crippen LogP contribution in [0.2, 0.25) is 0 Å². The van der Waals surface area contributed by atoms with Crippen molar-refractivity contribution in [2.45, 2.75) is 0 Å². The molecule has 0 aliphatic rings. The molecule has 0 bridgehead atoms. The van der Waals surface area contributed by atoms with E-state index < -0.39 is 23.3 Å². The Balaban J connectivity index is 1.69. The van der Waals surface area contributed by atoms with Gasteiger partial charge < -0.3 is 10.1 Å². The first-order valence-corrected chi connectivity index (χ1v) is 8.40. The molecule has 0 atom stereocenters. The molecular formula is C21H16N2O5. The summed E-state index contributed by atoms with van der Waals surface area (Å²) in [4.78, 5) is 34.9. The summed E-state index contributed by atoms with van der Waals surface area (Å²) in [5.41, 5.74) is 1.53. The fourth-order valence-electron chi connectivity index (χ4n) is 2.53. The highest BCUT2D eigenvalue weighted by Crippen LogP contribution is 2.21. The second kappa shape index (κ2) is 8.59. The number of carbonyl (C=O) groups excluding carboxylic acids is 2. The lowest BCUT2D eigenvalue weighted by Gasteiger charge is -2.11. The molecule has 0 fully saturated rings. The van der Waals surface area contributed by atoms with Crippen LogP contribution in [0.4, 0.5) is 17.1 Å². The maximum atomic E-state index is 12.4. The summed E-state index contributed by atoms with van der Waals surface area (Å²) in [6.07, 6.45) is 0. The Labute approximate surface area is 160 Å². The van der Waals surface area contributed by atoms with Gasteiger partial charge in [0.1, 0.15) is 0 Å². The van der Waals surface area contributed by atoms with Crippen molar-refractivity contribution in [3.8, 4) is 0 Å². The number of benzene rings is 3. The van der Waals surface area contributed by atoms with Gasteiger partial charge >= 0.3 is 5.97 Å². The normalized spacial score (nSPS) is 10.1. The van der Waals surface area contributed by atoms with E-state index >= 15 is 0 Å². The molecule has 0 unspecified atom stereocenters. The summed E-state index contributed by atoms with van der Waals surface area (Å²) in [6.45, 7) is -0.514. The van der Waals surface area contributed by atoms with Gasteiger partial charge in [-0.15, -0.1) is 0 Å². The van der Waals surface area contributed by atoms with E-state index in [4.69, 9.17) is 4.74 Å². The molecule has 0 saturated heterocycles. The summed E-state index contributed by atoms with van der Waals surface area (Å²) in [5.74, 6) is -1.19. The average molecular weight is 376 g/mol. The largest absolute Gasteiger partial charge is 0.454 e. The molecule has 0 amide bonds. The van der Waals surface area contributed by atoms with E-state index in [1.165, 1.54) is 18.2 Å². The summed E-state index contributed by atoms with van der Waals surface area (Å²) in [6, 6.07) is 21.4. The lowest BCUT2D eigenvalue weighted by molar-refractivity contribution is -0.384. The zero-order chi connectivity index (χ0) is 19.9. The molecule has 3 aromatic carbocycles. The molecule has 3 rings (SSSR count). The van der Waals surface area contributed by atoms with E-state index in [0.29, 0.717) is 5.69 Å². The van der Waals surface area contributed by atoms with E-state index in [-0.39, 0.29) is 16.8 Å². The van der Waals surface area contributed by atoms with E-state index in [9.17, 15) is 19.7 Å². The van der Waals surface area contributed by atoms with Crippen molar-refractivity contribution >= 4 is 28.8 Å². The second-order valence-electron chi connectivity index (χ2n) is 5.84. The molecule has 0 aliphatic heterocycles. The summed E-state index contributed by atoms with van der Waals surface area (Å²) in [5, 5.41) is 13.9. The third-order valence-corrected chi connectivity index (χ3v) is 3.91. The fraction of sp³-hybridized carbons (Fsp3) is 0.0476. The zero-order valence-electron chi connectivity index (χ0n) is 14.7. The molecule has 28 heavy (non-hydrogen) atoms. The highest BCUT2D eigenvalue weighted by atomic mass is 16.6. The number of nitro groups is 1. The average Bonchev–Trinajstić information content (AvgIpc) is 2.73. The van der Waals surface area contributed by atoms with Gasteiger partial charge in [0.2, 0.25) is 5.78 Å². The SMILES string of the molecule is O=C(COC(=O)c1ccccc1Nc1ccccc1)c1cccc([N+](=O)[O-])c1. The molecule has 0 heterocycles. The smallest absolute Gasteiger partial charge is 0.340 e. The lowest BCUT2D eigenvalue weighted by Crippen LogP contribution is -2.15. The molecule has 0 saturated carbocycles. The quantitative estimate of drug-likeness (QED) is 0.284. The molecule has 0 aliphatic carbocycles. The maximum absolute atomic E-state index is 12.4. The molecule has 7 nitrogen and oxygen atoms in total. The summed E-state index contributed by atoms with van der Waals surface area (Å²) < 4.78 is 5.12. The minimum atomic E-state index is -0.669. The number of rotatable bonds is 7. The van der Waals surface area contributed by atoms with Gasteiger partial charge in [-0.2, -0.15) is 0 Å². The number of para-hydroxylation sites is 2. The Kier molecular flexibility index (Phi) is 5.76. The van der Waals surface area contributed by atoms with Crippen LogP contribution in [0.25, 0.3) is 0 Å². The molecule has 3 aromatic rings. The third-order valence-electron chi connectivity index (χ3n) is 3.91. The fourth-order valence-corrected chi connectivity index (χ4v) is 2.53. The van der Waals surface area contributed by atoms with Crippen molar-refractivity contribution in [1.82, 2.24) is 0 Å². The molecular weight excluding hydrogens is 360 g/mol. The topological polar surface area (TPSA) is 98.5 Å². The van der Waals surface area contributed by atoms with E-state index in [1.807, 2.05) is 30.3 Å². The second-order valence-corrected chi connectivity index (χ2v) is 5.84. The first-order chi connectivity index (χ1) is 13.5. The Hall–Kier alpha value is -4.00. The van der Waals surface area contributed by atoms with Crippen molar-refractivity contribution in [3.63, 3.8) is 0 Å². The number of non-ortho nitro benzene ring substituents is 1. The van der Waals surface area contributed by atoms with Crippen molar-refractivity contribution in [2.75, 3.05) is 11.9 Å². The number of carbonyl (C=O) groups is 2. The predicted octanol–water partition coefficient (Wildman–Crippen LogP) is 4.38. The van der Waals surface area contributed by atoms with Crippen LogP contribution in [-0.4, -0.2) is 23.3 Å². The van der Waals surface area contributed by atoms with Crippen LogP contribution in [0.5, 0.6) is 0 Å². The van der Waals surface area contributed by atoms with Gasteiger partial charge in [-0.3, -0.25) is 14.9 Å². The number of Topliss-reactive ketones (excluding diaryl/α,β-unsaturated/α-hetero) is 1. The van der Waals surface area contributed by atoms with Gasteiger partial charge in [0, 0.05) is 23.4 Å². The van der Waals surface area contributed by atoms with Gasteiger partial charge in [0.25, 0.3) is 5.69 Å². The van der Waals surface area contributed by atoms with Gasteiger partial charge in [0.15, 0.2) is 6.61 Å². The van der Waals surface area contributed by atoms with Crippen molar-refractivity contribution in [3.05, 3.63) is 100 Å². The van der Waals surface area contributed by atoms with Crippen LogP contribution in [0.3, 0.4) is 0 Å². The van der Waals surface area contributed by atoms with Gasteiger partial charge in [-0.25, -0.2) is 4.79 Å². The molecule has 0 radical (unpaired) electrons. The van der Waals surface area contributed by atoms with E-state index in [2.05, 4.69) is 5.32 Å². The zero-order valence-corrected chi connectivity index (χ0v) is 14.7. The first kappa shape index (κ1) is 18.8. The minimum Gasteiger partial charge on any atom is -0.454 e. The number of esters is 1. The van der Waals surface area contributed by atoms with Gasteiger partial charge in [-0.05, 0) is 24.3 Å². The van der Waals surface area contributed by atoms with Crippen molar-refractivity contribution < 1.29 is 19.2 Å². The Morgan fingerprint density at radius 3 is 2.39 bits per heavy atom. The predicted molar refractivity (Wildman–Crippen MR) is 104 cm³/mol. The van der Waals surface area contributed by atoms with Crippen LogP contribution in [0.15, 0.2) is 78.9 Å². The number of hydrogen-bond donors (Lipinski definition) is 1. The van der Waals surface area contributed by atoms with Crippen LogP contribution in [0, 0.1) is 10.1 Å². The summed E-state index contributed by atoms with van der Waals surface area (Å²) >= 11 is 0. The number of nitrogens with zero attached hydrogens (tertiary/aromatic N) is 1. The van der Waals surface area contributed by atoms with Crippen LogP contribution >= 0.6 is 0 Å². The van der Waals surface area contributed by atoms with Crippen LogP contribution < -0.4 is 5.32 Å². The number of nitro benzene ring substituents is 1. The minimum absolute atomic E-state index is 0.109. The number of nitrogens with one attached hydrogen (secondary N) is 1. The Morgan fingerprint density at radius 1 is 0.929 bits per heavy atom. The van der Waals surface area contributed by atoms with E-state index in [0.717, 1.165) is 11.8 Å². The molecule has 140 valence electrons. The standard InChI is InChI=1S/C21H16N2O5/c24-20(15-7-6-10-17(13-15)23(26)27)14-28-21(25)18-11-4-5-12-19(18)22-16-8-2-1-3-9-16/h1-13,22H,14H2.